The highest BCUT2D eigenvalue weighted by Crippen LogP contribution is 2.15. The Morgan fingerprint density at radius 2 is 1.88 bits per heavy atom. The van der Waals surface area contributed by atoms with Gasteiger partial charge in [0.05, 0.1) is 19.3 Å². The van der Waals surface area contributed by atoms with Crippen molar-refractivity contribution in [1.29, 1.82) is 0 Å². The zero-order chi connectivity index (χ0) is 17.3. The highest BCUT2D eigenvalue weighted by atomic mass is 127. The van der Waals surface area contributed by atoms with Gasteiger partial charge in [-0.05, 0) is 32.6 Å². The van der Waals surface area contributed by atoms with E-state index in [0.717, 1.165) is 25.3 Å². The van der Waals surface area contributed by atoms with Crippen molar-refractivity contribution in [3.8, 4) is 0 Å². The van der Waals surface area contributed by atoms with Crippen molar-refractivity contribution in [3.05, 3.63) is 0 Å². The lowest BCUT2D eigenvalue weighted by Crippen LogP contribution is -2.50. The van der Waals surface area contributed by atoms with Crippen molar-refractivity contribution in [2.24, 2.45) is 4.99 Å². The van der Waals surface area contributed by atoms with Crippen LogP contribution < -0.4 is 10.6 Å². The second-order valence-corrected chi connectivity index (χ2v) is 6.00. The van der Waals surface area contributed by atoms with Crippen LogP contribution in [0.1, 0.15) is 46.5 Å². The Kier molecular flexibility index (Phi) is 11.4. The van der Waals surface area contributed by atoms with Crippen LogP contribution in [0.2, 0.25) is 0 Å². The average Bonchev–Trinajstić information content (AvgIpc) is 2.59. The molecule has 1 fully saturated rings. The summed E-state index contributed by atoms with van der Waals surface area (Å²) in [6.07, 6.45) is 2.81. The number of halogens is 1. The fourth-order valence-electron chi connectivity index (χ4n) is 2.55. The molecule has 0 aromatic rings. The van der Waals surface area contributed by atoms with Gasteiger partial charge in [0.2, 0.25) is 0 Å². The molecule has 0 radical (unpaired) electrons. The zero-order valence-electron chi connectivity index (χ0n) is 15.3. The maximum atomic E-state index is 11.5. The molecule has 1 aliphatic heterocycles. The van der Waals surface area contributed by atoms with Crippen LogP contribution in [0, 0.1) is 0 Å². The Morgan fingerprint density at radius 3 is 2.33 bits per heavy atom. The Morgan fingerprint density at radius 1 is 1.29 bits per heavy atom. The summed E-state index contributed by atoms with van der Waals surface area (Å²) in [6, 6.07) is 0.269. The number of aliphatic imine (C=N–C) groups is 1. The molecule has 1 aliphatic rings. The first kappa shape index (κ1) is 23.2. The summed E-state index contributed by atoms with van der Waals surface area (Å²) in [4.78, 5) is 17.7. The SMILES string of the molecule is CCNC(=NCC(O)(CC)CC)NC1CCN(C(=O)OC)CC1.I. The molecular formula is C16H33IN4O3. The molecule has 142 valence electrons. The number of rotatable bonds is 6. The third-order valence-corrected chi connectivity index (χ3v) is 4.46. The molecule has 3 N–H and O–H groups in total. The third kappa shape index (κ3) is 7.42. The third-order valence-electron chi connectivity index (χ3n) is 4.46. The molecule has 0 aromatic heterocycles. The van der Waals surface area contributed by atoms with E-state index in [4.69, 9.17) is 4.74 Å². The number of nitrogens with one attached hydrogen (secondary N) is 2. The predicted octanol–water partition coefficient (Wildman–Crippen LogP) is 1.94. The van der Waals surface area contributed by atoms with Gasteiger partial charge in [-0.25, -0.2) is 4.79 Å². The predicted molar refractivity (Wildman–Crippen MR) is 107 cm³/mol. The van der Waals surface area contributed by atoms with Gasteiger partial charge in [-0.2, -0.15) is 0 Å². The number of carbonyl (C=O) groups is 1. The smallest absolute Gasteiger partial charge is 0.409 e. The lowest BCUT2D eigenvalue weighted by atomic mass is 9.98. The van der Waals surface area contributed by atoms with Gasteiger partial charge < -0.3 is 25.4 Å². The molecule has 1 saturated heterocycles. The van der Waals surface area contributed by atoms with Crippen LogP contribution in [0.15, 0.2) is 4.99 Å². The molecule has 0 saturated carbocycles. The first-order chi connectivity index (χ1) is 11.0. The van der Waals surface area contributed by atoms with Crippen LogP contribution in [-0.4, -0.2) is 67.0 Å². The van der Waals surface area contributed by atoms with E-state index in [1.165, 1.54) is 7.11 Å². The first-order valence-corrected chi connectivity index (χ1v) is 8.58. The van der Waals surface area contributed by atoms with Crippen LogP contribution in [0.4, 0.5) is 4.79 Å². The summed E-state index contributed by atoms with van der Waals surface area (Å²) in [7, 11) is 1.41. The van der Waals surface area contributed by atoms with Gasteiger partial charge in [0, 0.05) is 25.7 Å². The summed E-state index contributed by atoms with van der Waals surface area (Å²) in [5, 5.41) is 17.0. The Labute approximate surface area is 162 Å². The molecule has 24 heavy (non-hydrogen) atoms. The van der Waals surface area contributed by atoms with Crippen LogP contribution in [0.25, 0.3) is 0 Å². The van der Waals surface area contributed by atoms with E-state index in [2.05, 4.69) is 15.6 Å². The summed E-state index contributed by atoms with van der Waals surface area (Å²) in [6.45, 7) is 8.47. The number of likely N-dealkylation sites (tertiary alicyclic amines) is 1. The number of piperidine rings is 1. The highest BCUT2D eigenvalue weighted by molar-refractivity contribution is 14.0. The number of nitrogens with zero attached hydrogens (tertiary/aromatic N) is 2. The van der Waals surface area contributed by atoms with Crippen molar-refractivity contribution in [3.63, 3.8) is 0 Å². The van der Waals surface area contributed by atoms with Crippen molar-refractivity contribution >= 4 is 36.0 Å². The Hall–Kier alpha value is -0.770. The second kappa shape index (κ2) is 11.7. The monoisotopic (exact) mass is 456 g/mol. The second-order valence-electron chi connectivity index (χ2n) is 6.00. The maximum absolute atomic E-state index is 11.5. The molecule has 0 spiro atoms. The lowest BCUT2D eigenvalue weighted by molar-refractivity contribution is 0.0417. The number of carbonyl (C=O) groups excluding carboxylic acids is 1. The fourth-order valence-corrected chi connectivity index (χ4v) is 2.55. The Bertz CT molecular complexity index is 395. The minimum absolute atomic E-state index is 0. The topological polar surface area (TPSA) is 86.2 Å². The van der Waals surface area contributed by atoms with Gasteiger partial charge in [0.15, 0.2) is 5.96 Å². The molecule has 1 rings (SSSR count). The van der Waals surface area contributed by atoms with Crippen LogP contribution in [-0.2, 0) is 4.74 Å². The quantitative estimate of drug-likeness (QED) is 0.323. The molecule has 0 bridgehead atoms. The van der Waals surface area contributed by atoms with Crippen LogP contribution in [0.5, 0.6) is 0 Å². The molecule has 0 aliphatic carbocycles. The largest absolute Gasteiger partial charge is 0.453 e. The van der Waals surface area contributed by atoms with Crippen LogP contribution in [0.3, 0.4) is 0 Å². The van der Waals surface area contributed by atoms with E-state index in [1.807, 2.05) is 20.8 Å². The van der Waals surface area contributed by atoms with E-state index < -0.39 is 5.60 Å². The van der Waals surface area contributed by atoms with Crippen molar-refractivity contribution in [1.82, 2.24) is 15.5 Å². The van der Waals surface area contributed by atoms with Crippen molar-refractivity contribution in [2.45, 2.75) is 58.1 Å². The standard InChI is InChI=1S/C16H32N4O3.HI/c1-5-16(22,6-2)12-18-14(17-7-3)19-13-8-10-20(11-9-13)15(21)23-4;/h13,22H,5-12H2,1-4H3,(H2,17,18,19);1H. The fraction of sp³-hybridized carbons (Fsp3) is 0.875. The minimum atomic E-state index is -0.739. The maximum Gasteiger partial charge on any atom is 0.409 e. The van der Waals surface area contributed by atoms with E-state index in [9.17, 15) is 9.90 Å². The number of guanidine groups is 1. The number of ether oxygens (including phenoxy) is 1. The molecule has 7 nitrogen and oxygen atoms in total. The van der Waals surface area contributed by atoms with Gasteiger partial charge in [-0.1, -0.05) is 13.8 Å². The highest BCUT2D eigenvalue weighted by Gasteiger charge is 2.25. The lowest BCUT2D eigenvalue weighted by Gasteiger charge is -2.32. The number of amides is 1. The van der Waals surface area contributed by atoms with Gasteiger partial charge in [-0.3, -0.25) is 4.99 Å². The Balaban J connectivity index is 0.00000529. The van der Waals surface area contributed by atoms with Gasteiger partial charge >= 0.3 is 6.09 Å². The van der Waals surface area contributed by atoms with Crippen LogP contribution >= 0.6 is 24.0 Å². The summed E-state index contributed by atoms with van der Waals surface area (Å²) in [5.74, 6) is 0.726. The summed E-state index contributed by atoms with van der Waals surface area (Å²) < 4.78 is 4.75. The number of aliphatic hydroxyl groups is 1. The molecule has 1 amide bonds. The van der Waals surface area contributed by atoms with Gasteiger partial charge in [-0.15, -0.1) is 24.0 Å². The average molecular weight is 456 g/mol. The molecule has 1 heterocycles. The molecule has 8 heteroatoms. The zero-order valence-corrected chi connectivity index (χ0v) is 17.6. The molecule has 0 atom stereocenters. The first-order valence-electron chi connectivity index (χ1n) is 8.58. The van der Waals surface area contributed by atoms with Gasteiger partial charge in [0.1, 0.15) is 0 Å². The van der Waals surface area contributed by atoms with E-state index >= 15 is 0 Å². The van der Waals surface area contributed by atoms with E-state index in [0.29, 0.717) is 32.5 Å². The summed E-state index contributed by atoms with van der Waals surface area (Å²) >= 11 is 0. The number of hydrogen-bond acceptors (Lipinski definition) is 4. The summed E-state index contributed by atoms with van der Waals surface area (Å²) in [5.41, 5.74) is -0.739. The molecule has 0 aromatic carbocycles. The molecular weight excluding hydrogens is 423 g/mol. The van der Waals surface area contributed by atoms with Crippen molar-refractivity contribution in [2.75, 3.05) is 33.3 Å². The minimum Gasteiger partial charge on any atom is -0.453 e. The van der Waals surface area contributed by atoms with E-state index in [1.54, 1.807) is 4.90 Å². The number of methoxy groups -OCH3 is 1. The van der Waals surface area contributed by atoms with Crippen molar-refractivity contribution < 1.29 is 14.6 Å². The normalized spacial score (nSPS) is 16.4. The number of hydrogen-bond donors (Lipinski definition) is 3. The molecule has 0 unspecified atom stereocenters. The van der Waals surface area contributed by atoms with Gasteiger partial charge in [0.25, 0.3) is 0 Å². The van der Waals surface area contributed by atoms with E-state index in [-0.39, 0.29) is 36.1 Å².